The van der Waals surface area contributed by atoms with Crippen molar-refractivity contribution in [3.8, 4) is 0 Å². The van der Waals surface area contributed by atoms with Gasteiger partial charge >= 0.3 is 5.97 Å². The standard InChI is InChI=1S/C9H17NO3/c1-9(2,3)8(11)13-7-6-12-5-4-10-7/h7,10H,4-6H2,1-3H3. The first-order valence-corrected chi connectivity index (χ1v) is 4.52. The molecular formula is C9H17NO3. The van der Waals surface area contributed by atoms with E-state index in [-0.39, 0.29) is 12.2 Å². The monoisotopic (exact) mass is 187 g/mol. The van der Waals surface area contributed by atoms with Crippen molar-refractivity contribution in [1.82, 2.24) is 5.32 Å². The van der Waals surface area contributed by atoms with E-state index in [0.29, 0.717) is 13.2 Å². The average Bonchev–Trinajstić information content (AvgIpc) is 2.04. The molecule has 1 unspecified atom stereocenters. The molecule has 0 spiro atoms. The van der Waals surface area contributed by atoms with Gasteiger partial charge in [-0.05, 0) is 20.8 Å². The molecule has 0 radical (unpaired) electrons. The number of ether oxygens (including phenoxy) is 2. The van der Waals surface area contributed by atoms with Crippen molar-refractivity contribution in [3.05, 3.63) is 0 Å². The van der Waals surface area contributed by atoms with Gasteiger partial charge in [0.15, 0.2) is 6.23 Å². The number of morpholine rings is 1. The van der Waals surface area contributed by atoms with Gasteiger partial charge in [-0.2, -0.15) is 0 Å². The maximum atomic E-state index is 11.4. The molecule has 4 heteroatoms. The Hall–Kier alpha value is -0.610. The van der Waals surface area contributed by atoms with Crippen LogP contribution in [0.5, 0.6) is 0 Å². The average molecular weight is 187 g/mol. The number of carbonyl (C=O) groups is 1. The zero-order valence-electron chi connectivity index (χ0n) is 8.42. The van der Waals surface area contributed by atoms with E-state index in [2.05, 4.69) is 5.32 Å². The van der Waals surface area contributed by atoms with Crippen LogP contribution >= 0.6 is 0 Å². The molecule has 1 aliphatic rings. The van der Waals surface area contributed by atoms with Crippen molar-refractivity contribution in [2.24, 2.45) is 5.41 Å². The van der Waals surface area contributed by atoms with Gasteiger partial charge in [0.2, 0.25) is 0 Å². The zero-order chi connectivity index (χ0) is 9.90. The molecule has 0 aliphatic carbocycles. The largest absolute Gasteiger partial charge is 0.444 e. The Kier molecular flexibility index (Phi) is 3.27. The summed E-state index contributed by atoms with van der Waals surface area (Å²) < 4.78 is 10.3. The van der Waals surface area contributed by atoms with E-state index in [4.69, 9.17) is 9.47 Å². The van der Waals surface area contributed by atoms with Crippen molar-refractivity contribution in [3.63, 3.8) is 0 Å². The summed E-state index contributed by atoms with van der Waals surface area (Å²) in [5, 5.41) is 3.05. The van der Waals surface area contributed by atoms with Crippen LogP contribution in [0, 0.1) is 5.41 Å². The molecule has 0 saturated carbocycles. The van der Waals surface area contributed by atoms with E-state index in [1.807, 2.05) is 20.8 Å². The van der Waals surface area contributed by atoms with Crippen molar-refractivity contribution >= 4 is 5.97 Å². The molecule has 13 heavy (non-hydrogen) atoms. The van der Waals surface area contributed by atoms with Crippen molar-refractivity contribution in [2.75, 3.05) is 19.8 Å². The molecule has 0 amide bonds. The van der Waals surface area contributed by atoms with Crippen molar-refractivity contribution in [1.29, 1.82) is 0 Å². The zero-order valence-corrected chi connectivity index (χ0v) is 8.42. The molecule has 0 aromatic heterocycles. The lowest BCUT2D eigenvalue weighted by Gasteiger charge is -2.26. The summed E-state index contributed by atoms with van der Waals surface area (Å²) in [6.45, 7) is 7.37. The van der Waals surface area contributed by atoms with Gasteiger partial charge in [-0.1, -0.05) is 0 Å². The normalized spacial score (nSPS) is 24.1. The van der Waals surface area contributed by atoms with Crippen LogP contribution < -0.4 is 5.32 Å². The van der Waals surface area contributed by atoms with Gasteiger partial charge in [0.1, 0.15) is 0 Å². The molecule has 1 aliphatic heterocycles. The number of rotatable bonds is 1. The molecule has 0 aromatic rings. The Bertz CT molecular complexity index is 180. The second-order valence-corrected chi connectivity index (χ2v) is 4.17. The minimum absolute atomic E-state index is 0.199. The summed E-state index contributed by atoms with van der Waals surface area (Å²) in [6, 6.07) is 0. The fourth-order valence-electron chi connectivity index (χ4n) is 0.923. The van der Waals surface area contributed by atoms with Gasteiger partial charge in [0, 0.05) is 6.54 Å². The minimum Gasteiger partial charge on any atom is -0.444 e. The first-order valence-electron chi connectivity index (χ1n) is 4.52. The van der Waals surface area contributed by atoms with E-state index in [1.54, 1.807) is 0 Å². The Labute approximate surface area is 78.6 Å². The maximum Gasteiger partial charge on any atom is 0.312 e. The van der Waals surface area contributed by atoms with Gasteiger partial charge in [-0.3, -0.25) is 10.1 Å². The summed E-state index contributed by atoms with van der Waals surface area (Å²) in [7, 11) is 0. The highest BCUT2D eigenvalue weighted by Gasteiger charge is 2.27. The number of hydrogen-bond acceptors (Lipinski definition) is 4. The Morgan fingerprint density at radius 2 is 2.23 bits per heavy atom. The van der Waals surface area contributed by atoms with Gasteiger partial charge in [-0.25, -0.2) is 0 Å². The molecule has 1 saturated heterocycles. The lowest BCUT2D eigenvalue weighted by Crippen LogP contribution is -2.45. The van der Waals surface area contributed by atoms with Crippen LogP contribution in [0.15, 0.2) is 0 Å². The van der Waals surface area contributed by atoms with Crippen LogP contribution in [-0.2, 0) is 14.3 Å². The van der Waals surface area contributed by atoms with E-state index >= 15 is 0 Å². The van der Waals surface area contributed by atoms with Crippen molar-refractivity contribution in [2.45, 2.75) is 27.0 Å². The van der Waals surface area contributed by atoms with Crippen LogP contribution in [0.1, 0.15) is 20.8 Å². The predicted molar refractivity (Wildman–Crippen MR) is 48.2 cm³/mol. The second kappa shape index (κ2) is 4.07. The fraction of sp³-hybridized carbons (Fsp3) is 0.889. The molecular weight excluding hydrogens is 170 g/mol. The van der Waals surface area contributed by atoms with Gasteiger partial charge in [0.05, 0.1) is 18.6 Å². The number of carbonyl (C=O) groups excluding carboxylic acids is 1. The SMILES string of the molecule is CC(C)(C)C(=O)OC1COCCN1. The summed E-state index contributed by atoms with van der Waals surface area (Å²) in [6.07, 6.45) is -0.277. The fourth-order valence-corrected chi connectivity index (χ4v) is 0.923. The van der Waals surface area contributed by atoms with E-state index in [0.717, 1.165) is 6.54 Å². The maximum absolute atomic E-state index is 11.4. The first-order chi connectivity index (χ1) is 6.00. The summed E-state index contributed by atoms with van der Waals surface area (Å²) >= 11 is 0. The smallest absolute Gasteiger partial charge is 0.312 e. The number of hydrogen-bond donors (Lipinski definition) is 1. The third-order valence-electron chi connectivity index (χ3n) is 1.75. The summed E-state index contributed by atoms with van der Waals surface area (Å²) in [5.74, 6) is -0.199. The van der Waals surface area contributed by atoms with E-state index in [1.165, 1.54) is 0 Å². The van der Waals surface area contributed by atoms with Crippen LogP contribution in [0.4, 0.5) is 0 Å². The lowest BCUT2D eigenvalue weighted by molar-refractivity contribution is -0.166. The second-order valence-electron chi connectivity index (χ2n) is 4.17. The third kappa shape index (κ3) is 3.32. The Balaban J connectivity index is 2.35. The molecule has 1 atom stereocenters. The molecule has 1 N–H and O–H groups in total. The highest BCUT2D eigenvalue weighted by Crippen LogP contribution is 2.16. The van der Waals surface area contributed by atoms with Crippen LogP contribution in [0.3, 0.4) is 0 Å². The molecule has 1 fully saturated rings. The lowest BCUT2D eigenvalue weighted by atomic mass is 9.97. The molecule has 1 heterocycles. The van der Waals surface area contributed by atoms with Crippen molar-refractivity contribution < 1.29 is 14.3 Å². The first kappa shape index (κ1) is 10.5. The topological polar surface area (TPSA) is 47.6 Å². The highest BCUT2D eigenvalue weighted by atomic mass is 16.6. The predicted octanol–water partition coefficient (Wildman–Crippen LogP) is 0.522. The summed E-state index contributed by atoms with van der Waals surface area (Å²) in [5.41, 5.74) is -0.445. The minimum atomic E-state index is -0.445. The number of esters is 1. The Morgan fingerprint density at radius 3 is 2.69 bits per heavy atom. The quantitative estimate of drug-likeness (QED) is 0.608. The molecule has 4 nitrogen and oxygen atoms in total. The molecule has 0 bridgehead atoms. The van der Waals surface area contributed by atoms with E-state index < -0.39 is 5.41 Å². The van der Waals surface area contributed by atoms with Gasteiger partial charge < -0.3 is 9.47 Å². The molecule has 76 valence electrons. The third-order valence-corrected chi connectivity index (χ3v) is 1.75. The Morgan fingerprint density at radius 1 is 1.54 bits per heavy atom. The van der Waals surface area contributed by atoms with Gasteiger partial charge in [0.25, 0.3) is 0 Å². The van der Waals surface area contributed by atoms with Crippen LogP contribution in [0.25, 0.3) is 0 Å². The highest BCUT2D eigenvalue weighted by molar-refractivity contribution is 5.75. The van der Waals surface area contributed by atoms with E-state index in [9.17, 15) is 4.79 Å². The van der Waals surface area contributed by atoms with Gasteiger partial charge in [-0.15, -0.1) is 0 Å². The summed E-state index contributed by atoms with van der Waals surface area (Å²) in [4.78, 5) is 11.4. The molecule has 1 rings (SSSR count). The van der Waals surface area contributed by atoms with Crippen LogP contribution in [0.2, 0.25) is 0 Å². The molecule has 0 aromatic carbocycles. The number of nitrogens with one attached hydrogen (secondary N) is 1. The van der Waals surface area contributed by atoms with Crippen LogP contribution in [-0.4, -0.2) is 32.0 Å².